The molecule has 1 aromatic heterocycles. The van der Waals surface area contributed by atoms with Crippen LogP contribution in [0.4, 0.5) is 0 Å². The summed E-state index contributed by atoms with van der Waals surface area (Å²) in [5.74, 6) is -0.751. The van der Waals surface area contributed by atoms with E-state index in [1.54, 1.807) is 31.2 Å². The lowest BCUT2D eigenvalue weighted by atomic mass is 10.3. The number of benzene rings is 1. The van der Waals surface area contributed by atoms with Crippen molar-refractivity contribution in [1.82, 2.24) is 9.71 Å². The van der Waals surface area contributed by atoms with Gasteiger partial charge < -0.3 is 9.57 Å². The molecule has 1 heterocycles. The normalized spacial score (nSPS) is 10.3. The van der Waals surface area contributed by atoms with Crippen molar-refractivity contribution in [3.05, 3.63) is 40.3 Å². The Morgan fingerprint density at radius 3 is 2.78 bits per heavy atom. The topological polar surface area (TPSA) is 70.4 Å². The van der Waals surface area contributed by atoms with E-state index in [-0.39, 0.29) is 12.3 Å². The number of hydrogen-bond acceptors (Lipinski definition) is 5. The van der Waals surface area contributed by atoms with E-state index in [0.717, 1.165) is 4.73 Å². The van der Waals surface area contributed by atoms with Crippen molar-refractivity contribution < 1.29 is 14.4 Å². The molecule has 0 bridgehead atoms. The molecule has 6 nitrogen and oxygen atoms in total. The molecule has 2 rings (SSSR count). The Morgan fingerprint density at radius 2 is 2.11 bits per heavy atom. The molecule has 0 spiro atoms. The second kappa shape index (κ2) is 4.87. The maximum atomic E-state index is 12.0. The highest BCUT2D eigenvalue weighted by molar-refractivity contribution is 5.89. The fourth-order valence-corrected chi connectivity index (χ4v) is 1.62. The van der Waals surface area contributed by atoms with Gasteiger partial charge in [-0.05, 0) is 19.1 Å². The lowest BCUT2D eigenvalue weighted by Crippen LogP contribution is -2.32. The number of fused-ring (bicyclic) bond motifs is 1. The predicted octanol–water partition coefficient (Wildman–Crippen LogP) is 0.632. The quantitative estimate of drug-likeness (QED) is 0.745. The molecule has 18 heavy (non-hydrogen) atoms. The smallest absolute Gasteiger partial charge is 0.362 e. The molecule has 1 aromatic carbocycles. The monoisotopic (exact) mass is 248 g/mol. The zero-order chi connectivity index (χ0) is 13.1. The van der Waals surface area contributed by atoms with E-state index in [1.165, 1.54) is 7.11 Å². The SMILES string of the molecule is CCOC(=O)c1nc2ccccc2n(OC)c1=O. The van der Waals surface area contributed by atoms with Crippen LogP contribution in [0.1, 0.15) is 17.4 Å². The summed E-state index contributed by atoms with van der Waals surface area (Å²) >= 11 is 0. The Hall–Kier alpha value is -2.37. The van der Waals surface area contributed by atoms with E-state index in [9.17, 15) is 9.59 Å². The van der Waals surface area contributed by atoms with E-state index in [1.807, 2.05) is 0 Å². The average molecular weight is 248 g/mol. The van der Waals surface area contributed by atoms with Crippen LogP contribution in [0.5, 0.6) is 0 Å². The summed E-state index contributed by atoms with van der Waals surface area (Å²) in [6.07, 6.45) is 0. The first-order valence-corrected chi connectivity index (χ1v) is 5.42. The van der Waals surface area contributed by atoms with Crippen LogP contribution in [0.2, 0.25) is 0 Å². The first-order chi connectivity index (χ1) is 8.69. The number of nitrogens with zero attached hydrogens (tertiary/aromatic N) is 2. The molecule has 6 heteroatoms. The summed E-state index contributed by atoms with van der Waals surface area (Å²) in [4.78, 5) is 32.6. The minimum atomic E-state index is -0.751. The molecule has 0 atom stereocenters. The van der Waals surface area contributed by atoms with Gasteiger partial charge in [0.25, 0.3) is 0 Å². The molecule has 0 fully saturated rings. The predicted molar refractivity (Wildman–Crippen MR) is 64.5 cm³/mol. The van der Waals surface area contributed by atoms with Crippen molar-refractivity contribution in [2.45, 2.75) is 6.92 Å². The molecule has 0 saturated carbocycles. The van der Waals surface area contributed by atoms with E-state index < -0.39 is 11.5 Å². The fraction of sp³-hybridized carbons (Fsp3) is 0.250. The molecule has 0 radical (unpaired) electrons. The Kier molecular flexibility index (Phi) is 3.27. The van der Waals surface area contributed by atoms with Gasteiger partial charge in [0.2, 0.25) is 5.69 Å². The Bertz CT molecular complexity index is 648. The number of esters is 1. The van der Waals surface area contributed by atoms with Crippen LogP contribution in [-0.4, -0.2) is 29.4 Å². The highest BCUT2D eigenvalue weighted by atomic mass is 16.6. The number of carbonyl (C=O) groups is 1. The van der Waals surface area contributed by atoms with Gasteiger partial charge in [0, 0.05) is 0 Å². The molecular weight excluding hydrogens is 236 g/mol. The summed E-state index contributed by atoms with van der Waals surface area (Å²) in [5, 5.41) is 0. The van der Waals surface area contributed by atoms with E-state index in [4.69, 9.17) is 9.57 Å². The van der Waals surface area contributed by atoms with Crippen LogP contribution < -0.4 is 10.4 Å². The number of aromatic nitrogens is 2. The third kappa shape index (κ3) is 1.92. The van der Waals surface area contributed by atoms with Crippen LogP contribution in [0.25, 0.3) is 11.0 Å². The minimum absolute atomic E-state index is 0.180. The second-order valence-electron chi connectivity index (χ2n) is 3.45. The fourth-order valence-electron chi connectivity index (χ4n) is 1.62. The average Bonchev–Trinajstić information content (AvgIpc) is 2.38. The Morgan fingerprint density at radius 1 is 1.39 bits per heavy atom. The van der Waals surface area contributed by atoms with Gasteiger partial charge in [-0.3, -0.25) is 4.79 Å². The van der Waals surface area contributed by atoms with Gasteiger partial charge in [-0.15, -0.1) is 4.73 Å². The van der Waals surface area contributed by atoms with Crippen molar-refractivity contribution in [1.29, 1.82) is 0 Å². The minimum Gasteiger partial charge on any atom is -0.461 e. The van der Waals surface area contributed by atoms with Crippen molar-refractivity contribution in [3.8, 4) is 0 Å². The molecule has 94 valence electrons. The summed E-state index contributed by atoms with van der Waals surface area (Å²) in [6, 6.07) is 6.88. The van der Waals surface area contributed by atoms with Gasteiger partial charge in [0.1, 0.15) is 12.6 Å². The summed E-state index contributed by atoms with van der Waals surface area (Å²) < 4.78 is 5.81. The van der Waals surface area contributed by atoms with E-state index in [2.05, 4.69) is 4.98 Å². The Balaban J connectivity index is 2.73. The highest BCUT2D eigenvalue weighted by Crippen LogP contribution is 2.09. The molecule has 2 aromatic rings. The maximum Gasteiger partial charge on any atom is 0.362 e. The summed E-state index contributed by atoms with van der Waals surface area (Å²) in [7, 11) is 1.35. The summed E-state index contributed by atoms with van der Waals surface area (Å²) in [6.45, 7) is 1.84. The van der Waals surface area contributed by atoms with E-state index >= 15 is 0 Å². The van der Waals surface area contributed by atoms with Crippen molar-refractivity contribution in [2.75, 3.05) is 13.7 Å². The molecular formula is C12H12N2O4. The number of carbonyl (C=O) groups excluding carboxylic acids is 1. The van der Waals surface area contributed by atoms with Crippen molar-refractivity contribution in [3.63, 3.8) is 0 Å². The van der Waals surface area contributed by atoms with E-state index in [0.29, 0.717) is 11.0 Å². The van der Waals surface area contributed by atoms with Crippen LogP contribution >= 0.6 is 0 Å². The van der Waals surface area contributed by atoms with Gasteiger partial charge >= 0.3 is 11.5 Å². The van der Waals surface area contributed by atoms with Crippen LogP contribution in [0.3, 0.4) is 0 Å². The van der Waals surface area contributed by atoms with Gasteiger partial charge in [0.05, 0.1) is 12.1 Å². The maximum absolute atomic E-state index is 12.0. The zero-order valence-electron chi connectivity index (χ0n) is 10.0. The zero-order valence-corrected chi connectivity index (χ0v) is 10.0. The second-order valence-corrected chi connectivity index (χ2v) is 3.45. The molecule has 0 unspecified atom stereocenters. The molecule has 0 N–H and O–H groups in total. The molecule has 0 aliphatic heterocycles. The Labute approximate surface area is 103 Å². The molecule has 0 aliphatic rings. The van der Waals surface area contributed by atoms with Crippen LogP contribution in [-0.2, 0) is 4.74 Å². The van der Waals surface area contributed by atoms with Gasteiger partial charge in [-0.2, -0.15) is 0 Å². The lowest BCUT2D eigenvalue weighted by molar-refractivity contribution is 0.0511. The van der Waals surface area contributed by atoms with Crippen molar-refractivity contribution >= 4 is 17.0 Å². The van der Waals surface area contributed by atoms with Gasteiger partial charge in [-0.1, -0.05) is 12.1 Å². The van der Waals surface area contributed by atoms with Gasteiger partial charge in [0.15, 0.2) is 0 Å². The highest BCUT2D eigenvalue weighted by Gasteiger charge is 2.18. The standard InChI is InChI=1S/C12H12N2O4/c1-3-18-12(16)10-11(15)14(17-2)9-7-5-4-6-8(9)13-10/h4-7H,3H2,1-2H3. The van der Waals surface area contributed by atoms with Gasteiger partial charge in [-0.25, -0.2) is 9.78 Å². The van der Waals surface area contributed by atoms with Crippen molar-refractivity contribution in [2.24, 2.45) is 0 Å². The molecule has 0 amide bonds. The largest absolute Gasteiger partial charge is 0.461 e. The molecule has 0 saturated heterocycles. The number of ether oxygens (including phenoxy) is 1. The molecule has 0 aliphatic carbocycles. The summed E-state index contributed by atoms with van der Waals surface area (Å²) in [5.41, 5.74) is 0.0760. The number of rotatable bonds is 3. The number of para-hydroxylation sites is 2. The first kappa shape index (κ1) is 12.1. The first-order valence-electron chi connectivity index (χ1n) is 5.42. The van der Waals surface area contributed by atoms with Crippen LogP contribution in [0, 0.1) is 0 Å². The third-order valence-corrected chi connectivity index (χ3v) is 2.37. The lowest BCUT2D eigenvalue weighted by Gasteiger charge is -2.09. The number of hydrogen-bond donors (Lipinski definition) is 0. The van der Waals surface area contributed by atoms with Crippen LogP contribution in [0.15, 0.2) is 29.1 Å². The third-order valence-electron chi connectivity index (χ3n) is 2.37.